The summed E-state index contributed by atoms with van der Waals surface area (Å²) in [5.74, 6) is 0.929. The maximum absolute atomic E-state index is 5.17. The lowest BCUT2D eigenvalue weighted by atomic mass is 9.99. The molecule has 0 aromatic heterocycles. The first-order valence-corrected chi connectivity index (χ1v) is 6.88. The zero-order chi connectivity index (χ0) is 13.7. The van der Waals surface area contributed by atoms with Gasteiger partial charge in [0.05, 0.1) is 7.11 Å². The van der Waals surface area contributed by atoms with Crippen LogP contribution in [0.3, 0.4) is 0 Å². The predicted molar refractivity (Wildman–Crippen MR) is 80.9 cm³/mol. The van der Waals surface area contributed by atoms with E-state index in [0.717, 1.165) is 18.6 Å². The summed E-state index contributed by atoms with van der Waals surface area (Å²) in [6.07, 6.45) is 3.46. The van der Waals surface area contributed by atoms with Crippen LogP contribution in [0.2, 0.25) is 0 Å². The van der Waals surface area contributed by atoms with Gasteiger partial charge in [0.25, 0.3) is 0 Å². The molecule has 0 aliphatic rings. The fourth-order valence-electron chi connectivity index (χ4n) is 2.40. The largest absolute Gasteiger partial charge is 0.497 e. The van der Waals surface area contributed by atoms with Crippen LogP contribution >= 0.6 is 0 Å². The molecule has 0 heterocycles. The van der Waals surface area contributed by atoms with Gasteiger partial charge in [0.1, 0.15) is 5.75 Å². The summed E-state index contributed by atoms with van der Waals surface area (Å²) in [6, 6.07) is 15.1. The molecule has 2 aromatic carbocycles. The Balaban J connectivity index is 1.88. The van der Waals surface area contributed by atoms with E-state index >= 15 is 0 Å². The summed E-state index contributed by atoms with van der Waals surface area (Å²) in [4.78, 5) is 0. The molecule has 0 amide bonds. The van der Waals surface area contributed by atoms with Crippen LogP contribution in [0.15, 0.2) is 42.5 Å². The van der Waals surface area contributed by atoms with Crippen LogP contribution in [-0.4, -0.2) is 7.11 Å². The van der Waals surface area contributed by atoms with Crippen molar-refractivity contribution in [1.29, 1.82) is 0 Å². The Kier molecular flexibility index (Phi) is 4.62. The first kappa shape index (κ1) is 13.7. The Labute approximate surface area is 116 Å². The highest BCUT2D eigenvalue weighted by Crippen LogP contribution is 2.16. The van der Waals surface area contributed by atoms with Crippen molar-refractivity contribution in [3.05, 3.63) is 64.7 Å². The minimum absolute atomic E-state index is 0.929. The van der Waals surface area contributed by atoms with E-state index in [0.29, 0.717) is 0 Å². The highest BCUT2D eigenvalue weighted by molar-refractivity contribution is 5.31. The number of methoxy groups -OCH3 is 1. The van der Waals surface area contributed by atoms with Crippen LogP contribution in [0.1, 0.15) is 28.7 Å². The van der Waals surface area contributed by atoms with E-state index in [4.69, 9.17) is 4.74 Å². The summed E-state index contributed by atoms with van der Waals surface area (Å²) in [7, 11) is 1.70. The van der Waals surface area contributed by atoms with Gasteiger partial charge in [-0.15, -0.1) is 0 Å². The number of ether oxygens (including phenoxy) is 1. The Hall–Kier alpha value is -1.76. The van der Waals surface area contributed by atoms with E-state index in [2.05, 4.69) is 44.2 Å². The van der Waals surface area contributed by atoms with E-state index in [9.17, 15) is 0 Å². The molecule has 2 aromatic rings. The van der Waals surface area contributed by atoms with E-state index < -0.39 is 0 Å². The molecule has 0 N–H and O–H groups in total. The molecular weight excluding hydrogens is 232 g/mol. The van der Waals surface area contributed by atoms with Gasteiger partial charge < -0.3 is 4.74 Å². The zero-order valence-corrected chi connectivity index (χ0v) is 12.1. The van der Waals surface area contributed by atoms with Gasteiger partial charge in [0.2, 0.25) is 0 Å². The van der Waals surface area contributed by atoms with E-state index in [1.54, 1.807) is 7.11 Å². The van der Waals surface area contributed by atoms with Crippen LogP contribution in [-0.2, 0) is 12.8 Å². The molecule has 0 spiro atoms. The topological polar surface area (TPSA) is 9.23 Å². The monoisotopic (exact) mass is 254 g/mol. The van der Waals surface area contributed by atoms with E-state index in [-0.39, 0.29) is 0 Å². The third-order valence-corrected chi connectivity index (χ3v) is 3.57. The average Bonchev–Trinajstić information content (AvgIpc) is 2.42. The highest BCUT2D eigenvalue weighted by Gasteiger charge is 2.00. The van der Waals surface area contributed by atoms with Crippen molar-refractivity contribution in [3.63, 3.8) is 0 Å². The maximum atomic E-state index is 5.17. The van der Waals surface area contributed by atoms with E-state index in [1.165, 1.54) is 28.7 Å². The second-order valence-corrected chi connectivity index (χ2v) is 5.13. The second-order valence-electron chi connectivity index (χ2n) is 5.13. The molecule has 0 aliphatic heterocycles. The first-order chi connectivity index (χ1) is 9.19. The molecule has 0 saturated carbocycles. The van der Waals surface area contributed by atoms with Crippen molar-refractivity contribution in [1.82, 2.24) is 0 Å². The Morgan fingerprint density at radius 3 is 2.26 bits per heavy atom. The minimum atomic E-state index is 0.929. The third-order valence-electron chi connectivity index (χ3n) is 3.57. The number of aryl methyl sites for hydroxylation is 4. The van der Waals surface area contributed by atoms with Gasteiger partial charge >= 0.3 is 0 Å². The van der Waals surface area contributed by atoms with Crippen molar-refractivity contribution in [3.8, 4) is 5.75 Å². The van der Waals surface area contributed by atoms with Crippen molar-refractivity contribution >= 4 is 0 Å². The molecular formula is C18H22O. The Morgan fingerprint density at radius 1 is 0.895 bits per heavy atom. The summed E-state index contributed by atoms with van der Waals surface area (Å²) in [5, 5.41) is 0. The molecule has 1 heteroatoms. The van der Waals surface area contributed by atoms with Crippen molar-refractivity contribution in [2.75, 3.05) is 7.11 Å². The first-order valence-electron chi connectivity index (χ1n) is 6.88. The second kappa shape index (κ2) is 6.42. The lowest BCUT2D eigenvalue weighted by Gasteiger charge is -2.07. The Bertz CT molecular complexity index is 526. The molecule has 0 bridgehead atoms. The van der Waals surface area contributed by atoms with Crippen LogP contribution in [0.4, 0.5) is 0 Å². The predicted octanol–water partition coefficient (Wildman–Crippen LogP) is 4.49. The van der Waals surface area contributed by atoms with Gasteiger partial charge in [-0.25, -0.2) is 0 Å². The molecule has 0 atom stereocenters. The molecule has 0 radical (unpaired) electrons. The molecule has 2 rings (SSSR count). The molecule has 0 unspecified atom stereocenters. The number of rotatable bonds is 5. The lowest BCUT2D eigenvalue weighted by molar-refractivity contribution is 0.414. The maximum Gasteiger partial charge on any atom is 0.118 e. The van der Waals surface area contributed by atoms with Gasteiger partial charge in [0, 0.05) is 0 Å². The van der Waals surface area contributed by atoms with Gasteiger partial charge in [0.15, 0.2) is 0 Å². The summed E-state index contributed by atoms with van der Waals surface area (Å²) in [5.41, 5.74) is 5.61. The van der Waals surface area contributed by atoms with Gasteiger partial charge in [-0.1, -0.05) is 35.9 Å². The average molecular weight is 254 g/mol. The van der Waals surface area contributed by atoms with Crippen LogP contribution in [0, 0.1) is 13.8 Å². The van der Waals surface area contributed by atoms with Crippen molar-refractivity contribution in [2.45, 2.75) is 33.1 Å². The van der Waals surface area contributed by atoms with Crippen LogP contribution < -0.4 is 4.74 Å². The van der Waals surface area contributed by atoms with Gasteiger partial charge in [-0.3, -0.25) is 0 Å². The molecule has 1 nitrogen and oxygen atoms in total. The summed E-state index contributed by atoms with van der Waals surface area (Å²) in [6.45, 7) is 4.35. The van der Waals surface area contributed by atoms with Crippen molar-refractivity contribution < 1.29 is 4.74 Å². The SMILES string of the molecule is COc1ccc(CCCc2ccc(C)cc2C)cc1. The smallest absolute Gasteiger partial charge is 0.118 e. The normalized spacial score (nSPS) is 10.5. The van der Waals surface area contributed by atoms with E-state index in [1.807, 2.05) is 12.1 Å². The Morgan fingerprint density at radius 2 is 1.63 bits per heavy atom. The fourth-order valence-corrected chi connectivity index (χ4v) is 2.40. The van der Waals surface area contributed by atoms with Crippen LogP contribution in [0.25, 0.3) is 0 Å². The van der Waals surface area contributed by atoms with Gasteiger partial charge in [-0.05, 0) is 61.9 Å². The number of hydrogen-bond acceptors (Lipinski definition) is 1. The standard InChI is InChI=1S/C18H22O/c1-14-7-10-17(15(2)13-14)6-4-5-16-8-11-18(19-3)12-9-16/h7-13H,4-6H2,1-3H3. The minimum Gasteiger partial charge on any atom is -0.497 e. The summed E-state index contributed by atoms with van der Waals surface area (Å²) < 4.78 is 5.17. The highest BCUT2D eigenvalue weighted by atomic mass is 16.5. The molecule has 0 fully saturated rings. The number of benzene rings is 2. The lowest BCUT2D eigenvalue weighted by Crippen LogP contribution is -1.93. The molecule has 100 valence electrons. The zero-order valence-electron chi connectivity index (χ0n) is 12.1. The summed E-state index contributed by atoms with van der Waals surface area (Å²) >= 11 is 0. The van der Waals surface area contributed by atoms with Crippen LogP contribution in [0.5, 0.6) is 5.75 Å². The quantitative estimate of drug-likeness (QED) is 0.764. The van der Waals surface area contributed by atoms with Crippen molar-refractivity contribution in [2.24, 2.45) is 0 Å². The third kappa shape index (κ3) is 3.85. The molecule has 19 heavy (non-hydrogen) atoms. The van der Waals surface area contributed by atoms with Gasteiger partial charge in [-0.2, -0.15) is 0 Å². The molecule has 0 aliphatic carbocycles. The molecule has 0 saturated heterocycles. The number of hydrogen-bond donors (Lipinski definition) is 0. The fraction of sp³-hybridized carbons (Fsp3) is 0.333.